The molecular weight excluding hydrogens is 230 g/mol. The Morgan fingerprint density at radius 2 is 1.78 bits per heavy atom. The Hall–Kier alpha value is -1.71. The van der Waals surface area contributed by atoms with Gasteiger partial charge in [0.05, 0.1) is 19.6 Å². The molecule has 0 saturated carbocycles. The van der Waals surface area contributed by atoms with Crippen LogP contribution in [0.15, 0.2) is 24.3 Å². The number of carbonyl (C=O) groups is 1. The highest BCUT2D eigenvalue weighted by Gasteiger charge is 2.30. The van der Waals surface area contributed by atoms with Crippen LogP contribution in [0.3, 0.4) is 0 Å². The van der Waals surface area contributed by atoms with Crippen LogP contribution in [-0.4, -0.2) is 33.8 Å². The van der Waals surface area contributed by atoms with E-state index < -0.39 is 5.41 Å². The Labute approximate surface area is 108 Å². The fraction of sp³-hybridized carbons (Fsp3) is 0.500. The van der Waals surface area contributed by atoms with Gasteiger partial charge in [-0.2, -0.15) is 0 Å². The van der Waals surface area contributed by atoms with Crippen molar-refractivity contribution in [1.82, 2.24) is 0 Å². The zero-order valence-corrected chi connectivity index (χ0v) is 11.7. The van der Waals surface area contributed by atoms with E-state index in [0.717, 1.165) is 11.4 Å². The highest BCUT2D eigenvalue weighted by Crippen LogP contribution is 2.24. The maximum absolute atomic E-state index is 11.6. The first kappa shape index (κ1) is 14.4. The van der Waals surface area contributed by atoms with Crippen molar-refractivity contribution in [2.24, 2.45) is 5.41 Å². The van der Waals surface area contributed by atoms with E-state index in [4.69, 9.17) is 9.47 Å². The number of hydrogen-bond acceptors (Lipinski definition) is 4. The molecule has 0 fully saturated rings. The first-order valence-corrected chi connectivity index (χ1v) is 5.84. The van der Waals surface area contributed by atoms with Gasteiger partial charge in [-0.25, -0.2) is 0 Å². The standard InChI is InChI=1S/C14H21NO3/c1-14(2,13(16)18-5)10-15(3)11-6-8-12(17-4)9-7-11/h6-9H,10H2,1-5H3. The number of nitrogens with zero attached hydrogens (tertiary/aromatic N) is 1. The van der Waals surface area contributed by atoms with Gasteiger partial charge in [0.15, 0.2) is 0 Å². The summed E-state index contributed by atoms with van der Waals surface area (Å²) in [6.45, 7) is 4.34. The second-order valence-electron chi connectivity index (χ2n) is 4.93. The second kappa shape index (κ2) is 5.76. The Balaban J connectivity index is 2.75. The molecule has 0 heterocycles. The van der Waals surface area contributed by atoms with Crippen molar-refractivity contribution in [2.75, 3.05) is 32.7 Å². The summed E-state index contributed by atoms with van der Waals surface area (Å²) in [6, 6.07) is 7.73. The molecular formula is C14H21NO3. The van der Waals surface area contributed by atoms with Gasteiger partial charge in [-0.05, 0) is 38.1 Å². The van der Waals surface area contributed by atoms with Gasteiger partial charge in [0.2, 0.25) is 0 Å². The van der Waals surface area contributed by atoms with E-state index in [9.17, 15) is 4.79 Å². The maximum atomic E-state index is 11.6. The van der Waals surface area contributed by atoms with E-state index >= 15 is 0 Å². The third-order valence-corrected chi connectivity index (χ3v) is 2.88. The summed E-state index contributed by atoms with van der Waals surface area (Å²) in [6.07, 6.45) is 0. The molecule has 0 radical (unpaired) electrons. The van der Waals surface area contributed by atoms with Crippen LogP contribution in [0.1, 0.15) is 13.8 Å². The van der Waals surface area contributed by atoms with Crippen LogP contribution < -0.4 is 9.64 Å². The summed E-state index contributed by atoms with van der Waals surface area (Å²) < 4.78 is 9.92. The minimum Gasteiger partial charge on any atom is -0.497 e. The van der Waals surface area contributed by atoms with Crippen molar-refractivity contribution >= 4 is 11.7 Å². The van der Waals surface area contributed by atoms with Crippen LogP contribution in [-0.2, 0) is 9.53 Å². The maximum Gasteiger partial charge on any atom is 0.313 e. The van der Waals surface area contributed by atoms with Crippen LogP contribution in [0.5, 0.6) is 5.75 Å². The van der Waals surface area contributed by atoms with Crippen LogP contribution in [0, 0.1) is 5.41 Å². The third-order valence-electron chi connectivity index (χ3n) is 2.88. The molecule has 4 heteroatoms. The average molecular weight is 251 g/mol. The zero-order chi connectivity index (χ0) is 13.8. The summed E-state index contributed by atoms with van der Waals surface area (Å²) in [5.74, 6) is 0.613. The van der Waals surface area contributed by atoms with Crippen molar-refractivity contribution in [1.29, 1.82) is 0 Å². The molecule has 100 valence electrons. The lowest BCUT2D eigenvalue weighted by molar-refractivity contribution is -0.150. The molecule has 0 saturated heterocycles. The van der Waals surface area contributed by atoms with Crippen molar-refractivity contribution in [3.05, 3.63) is 24.3 Å². The van der Waals surface area contributed by atoms with Crippen molar-refractivity contribution < 1.29 is 14.3 Å². The van der Waals surface area contributed by atoms with Crippen LogP contribution in [0.2, 0.25) is 0 Å². The average Bonchev–Trinajstić information content (AvgIpc) is 2.37. The summed E-state index contributed by atoms with van der Waals surface area (Å²) in [5, 5.41) is 0. The fourth-order valence-corrected chi connectivity index (χ4v) is 1.86. The molecule has 1 rings (SSSR count). The van der Waals surface area contributed by atoms with Crippen LogP contribution in [0.4, 0.5) is 5.69 Å². The van der Waals surface area contributed by atoms with Gasteiger partial charge in [-0.1, -0.05) is 0 Å². The van der Waals surface area contributed by atoms with Gasteiger partial charge >= 0.3 is 5.97 Å². The molecule has 0 aliphatic heterocycles. The van der Waals surface area contributed by atoms with E-state index in [1.807, 2.05) is 50.1 Å². The van der Waals surface area contributed by atoms with Gasteiger partial charge in [-0.15, -0.1) is 0 Å². The number of anilines is 1. The molecule has 0 N–H and O–H groups in total. The number of carbonyl (C=O) groups excluding carboxylic acids is 1. The first-order chi connectivity index (χ1) is 8.40. The summed E-state index contributed by atoms with van der Waals surface area (Å²) >= 11 is 0. The topological polar surface area (TPSA) is 38.8 Å². The van der Waals surface area contributed by atoms with Gasteiger partial charge < -0.3 is 14.4 Å². The van der Waals surface area contributed by atoms with Gasteiger partial charge in [0.1, 0.15) is 5.75 Å². The molecule has 0 amide bonds. The predicted molar refractivity (Wildman–Crippen MR) is 72.1 cm³/mol. The largest absolute Gasteiger partial charge is 0.497 e. The normalized spacial score (nSPS) is 10.9. The lowest BCUT2D eigenvalue weighted by atomic mass is 9.93. The molecule has 0 bridgehead atoms. The van der Waals surface area contributed by atoms with E-state index in [0.29, 0.717) is 6.54 Å². The minimum absolute atomic E-state index is 0.206. The number of ether oxygens (including phenoxy) is 2. The van der Waals surface area contributed by atoms with E-state index in [2.05, 4.69) is 0 Å². The molecule has 0 aliphatic carbocycles. The van der Waals surface area contributed by atoms with Gasteiger partial charge in [-0.3, -0.25) is 4.79 Å². The molecule has 4 nitrogen and oxygen atoms in total. The van der Waals surface area contributed by atoms with Gasteiger partial charge in [0.25, 0.3) is 0 Å². The number of hydrogen-bond donors (Lipinski definition) is 0. The number of rotatable bonds is 5. The Kier molecular flexibility index (Phi) is 4.59. The summed E-state index contributed by atoms with van der Waals surface area (Å²) in [7, 11) is 5.00. The van der Waals surface area contributed by atoms with Crippen LogP contribution >= 0.6 is 0 Å². The molecule has 1 aromatic rings. The smallest absolute Gasteiger partial charge is 0.313 e. The summed E-state index contributed by atoms with van der Waals surface area (Å²) in [4.78, 5) is 13.7. The highest BCUT2D eigenvalue weighted by atomic mass is 16.5. The molecule has 0 spiro atoms. The minimum atomic E-state index is -0.538. The molecule has 0 aliphatic rings. The highest BCUT2D eigenvalue weighted by molar-refractivity contribution is 5.76. The molecule has 0 aromatic heterocycles. The second-order valence-corrected chi connectivity index (χ2v) is 4.93. The lowest BCUT2D eigenvalue weighted by Gasteiger charge is -2.29. The predicted octanol–water partition coefficient (Wildman–Crippen LogP) is 2.33. The quantitative estimate of drug-likeness (QED) is 0.753. The summed E-state index contributed by atoms with van der Waals surface area (Å²) in [5.41, 5.74) is 0.497. The van der Waals surface area contributed by atoms with Crippen LogP contribution in [0.25, 0.3) is 0 Å². The van der Waals surface area contributed by atoms with Crippen molar-refractivity contribution in [3.63, 3.8) is 0 Å². The molecule has 18 heavy (non-hydrogen) atoms. The Bertz CT molecular complexity index is 398. The number of esters is 1. The number of methoxy groups -OCH3 is 2. The van der Waals surface area contributed by atoms with E-state index in [-0.39, 0.29) is 5.97 Å². The van der Waals surface area contributed by atoms with Gasteiger partial charge in [0, 0.05) is 19.3 Å². The monoisotopic (exact) mass is 251 g/mol. The third kappa shape index (κ3) is 3.39. The molecule has 0 atom stereocenters. The van der Waals surface area contributed by atoms with E-state index in [1.165, 1.54) is 7.11 Å². The Morgan fingerprint density at radius 1 is 1.22 bits per heavy atom. The fourth-order valence-electron chi connectivity index (χ4n) is 1.86. The molecule has 0 unspecified atom stereocenters. The zero-order valence-electron chi connectivity index (χ0n) is 11.7. The lowest BCUT2D eigenvalue weighted by Crippen LogP contribution is -2.38. The number of benzene rings is 1. The van der Waals surface area contributed by atoms with Crippen molar-refractivity contribution in [3.8, 4) is 5.75 Å². The SMILES string of the molecule is COC(=O)C(C)(C)CN(C)c1ccc(OC)cc1. The molecule has 1 aromatic carbocycles. The first-order valence-electron chi connectivity index (χ1n) is 5.84. The van der Waals surface area contributed by atoms with Crippen molar-refractivity contribution in [2.45, 2.75) is 13.8 Å². The van der Waals surface area contributed by atoms with E-state index in [1.54, 1.807) is 7.11 Å². The Morgan fingerprint density at radius 3 is 2.22 bits per heavy atom.